The van der Waals surface area contributed by atoms with Crippen LogP contribution >= 0.6 is 11.3 Å². The number of nitrogens with zero attached hydrogens (tertiary/aromatic N) is 1. The van der Waals surface area contributed by atoms with Crippen molar-refractivity contribution in [2.45, 2.75) is 33.1 Å². The predicted octanol–water partition coefficient (Wildman–Crippen LogP) is 4.31. The third kappa shape index (κ3) is 2.72. The summed E-state index contributed by atoms with van der Waals surface area (Å²) in [5.74, 6) is 0.725. The highest BCUT2D eigenvalue weighted by Gasteiger charge is 2.13. The number of carbonyl (C=O) groups excluding carboxylic acids is 1. The Morgan fingerprint density at radius 3 is 2.88 bits per heavy atom. The highest BCUT2D eigenvalue weighted by atomic mass is 32.1. The molecule has 0 aliphatic rings. The Hall–Kier alpha value is -1.22. The lowest BCUT2D eigenvalue weighted by atomic mass is 9.94. The van der Waals surface area contributed by atoms with Gasteiger partial charge in [0.2, 0.25) is 0 Å². The molecule has 0 amide bonds. The minimum absolute atomic E-state index is 0.224. The topological polar surface area (TPSA) is 30.0 Å². The van der Waals surface area contributed by atoms with Gasteiger partial charge in [0.15, 0.2) is 5.78 Å². The Balaban J connectivity index is 2.18. The van der Waals surface area contributed by atoms with Crippen molar-refractivity contribution in [3.63, 3.8) is 0 Å². The van der Waals surface area contributed by atoms with Crippen LogP contribution in [0.2, 0.25) is 0 Å². The number of hydrogen-bond acceptors (Lipinski definition) is 3. The molecular formula is C14H17NOS. The lowest BCUT2D eigenvalue weighted by Gasteiger charge is -2.10. The average Bonchev–Trinajstić information content (AvgIpc) is 2.82. The number of carbonyl (C=O) groups is 1. The van der Waals surface area contributed by atoms with Crippen molar-refractivity contribution < 1.29 is 4.79 Å². The fourth-order valence-electron chi connectivity index (χ4n) is 1.96. The molecule has 2 rings (SSSR count). The first-order chi connectivity index (χ1) is 8.24. The highest BCUT2D eigenvalue weighted by molar-refractivity contribution is 7.17. The molecule has 0 aliphatic heterocycles. The lowest BCUT2D eigenvalue weighted by molar-refractivity contribution is 0.0958. The summed E-state index contributed by atoms with van der Waals surface area (Å²) >= 11 is 1.63. The van der Waals surface area contributed by atoms with E-state index in [1.807, 2.05) is 17.5 Å². The molecule has 0 aliphatic carbocycles. The first kappa shape index (κ1) is 12.2. The summed E-state index contributed by atoms with van der Waals surface area (Å²) in [6, 6.07) is 3.95. The number of hydrogen-bond donors (Lipinski definition) is 0. The van der Waals surface area contributed by atoms with Crippen LogP contribution < -0.4 is 0 Å². The highest BCUT2D eigenvalue weighted by Crippen LogP contribution is 2.22. The fraction of sp³-hybridized carbons (Fsp3) is 0.429. The van der Waals surface area contributed by atoms with Gasteiger partial charge in [-0.2, -0.15) is 0 Å². The third-order valence-electron chi connectivity index (χ3n) is 3.25. The van der Waals surface area contributed by atoms with E-state index >= 15 is 0 Å². The summed E-state index contributed by atoms with van der Waals surface area (Å²) < 4.78 is 1.10. The largest absolute Gasteiger partial charge is 0.294 e. The Morgan fingerprint density at radius 2 is 2.18 bits per heavy atom. The first-order valence-corrected chi connectivity index (χ1v) is 6.99. The van der Waals surface area contributed by atoms with Gasteiger partial charge in [-0.3, -0.25) is 9.78 Å². The molecule has 2 heterocycles. The normalized spacial score (nSPS) is 11.2. The quantitative estimate of drug-likeness (QED) is 0.737. The Kier molecular flexibility index (Phi) is 3.89. The summed E-state index contributed by atoms with van der Waals surface area (Å²) in [6.45, 7) is 4.28. The minimum atomic E-state index is 0.224. The molecule has 17 heavy (non-hydrogen) atoms. The van der Waals surface area contributed by atoms with E-state index in [0.29, 0.717) is 12.3 Å². The van der Waals surface area contributed by atoms with Gasteiger partial charge in [-0.15, -0.1) is 11.3 Å². The molecule has 0 spiro atoms. The van der Waals surface area contributed by atoms with E-state index < -0.39 is 0 Å². The van der Waals surface area contributed by atoms with Crippen LogP contribution in [0.15, 0.2) is 23.7 Å². The van der Waals surface area contributed by atoms with Crippen molar-refractivity contribution in [3.05, 3.63) is 29.3 Å². The van der Waals surface area contributed by atoms with Crippen LogP contribution in [0.4, 0.5) is 0 Å². The number of pyridine rings is 1. The molecule has 0 N–H and O–H groups in total. The number of rotatable bonds is 5. The molecule has 2 nitrogen and oxygen atoms in total. The van der Waals surface area contributed by atoms with Crippen LogP contribution in [0.3, 0.4) is 0 Å². The maximum atomic E-state index is 12.1. The van der Waals surface area contributed by atoms with Crippen molar-refractivity contribution >= 4 is 27.3 Å². The molecule has 0 saturated heterocycles. The van der Waals surface area contributed by atoms with Crippen molar-refractivity contribution in [2.75, 3.05) is 0 Å². The van der Waals surface area contributed by atoms with Crippen molar-refractivity contribution in [1.82, 2.24) is 4.98 Å². The Morgan fingerprint density at radius 1 is 1.41 bits per heavy atom. The molecule has 0 atom stereocenters. The van der Waals surface area contributed by atoms with E-state index in [2.05, 4.69) is 18.8 Å². The van der Waals surface area contributed by atoms with Gasteiger partial charge >= 0.3 is 0 Å². The Labute approximate surface area is 106 Å². The second-order valence-electron chi connectivity index (χ2n) is 4.34. The molecule has 90 valence electrons. The maximum Gasteiger partial charge on any atom is 0.164 e. The monoisotopic (exact) mass is 247 g/mol. The molecule has 3 heteroatoms. The van der Waals surface area contributed by atoms with E-state index in [1.165, 1.54) is 0 Å². The standard InChI is InChI=1S/C14H17NOS/c1-3-10(4-2)7-13(16)11-8-14-12(15-9-11)5-6-17-14/h5-6,8-10H,3-4,7H2,1-2H3. The maximum absolute atomic E-state index is 12.1. The van der Waals surface area contributed by atoms with E-state index in [0.717, 1.165) is 28.6 Å². The number of ketones is 1. The van der Waals surface area contributed by atoms with E-state index in [4.69, 9.17) is 0 Å². The van der Waals surface area contributed by atoms with Gasteiger partial charge in [0.05, 0.1) is 10.2 Å². The summed E-state index contributed by atoms with van der Waals surface area (Å²) in [7, 11) is 0. The summed E-state index contributed by atoms with van der Waals surface area (Å²) in [5, 5.41) is 2.01. The molecule has 2 aromatic heterocycles. The first-order valence-electron chi connectivity index (χ1n) is 6.11. The number of thiophene rings is 1. The summed E-state index contributed by atoms with van der Waals surface area (Å²) in [4.78, 5) is 16.4. The molecule has 2 aromatic rings. The van der Waals surface area contributed by atoms with Crippen LogP contribution in [0.25, 0.3) is 10.2 Å². The van der Waals surface area contributed by atoms with E-state index in [1.54, 1.807) is 17.5 Å². The van der Waals surface area contributed by atoms with Crippen LogP contribution in [-0.2, 0) is 0 Å². The second-order valence-corrected chi connectivity index (χ2v) is 5.29. The predicted molar refractivity (Wildman–Crippen MR) is 72.6 cm³/mol. The van der Waals surface area contributed by atoms with Gasteiger partial charge < -0.3 is 0 Å². The van der Waals surface area contributed by atoms with Crippen molar-refractivity contribution in [1.29, 1.82) is 0 Å². The van der Waals surface area contributed by atoms with Gasteiger partial charge in [0, 0.05) is 18.2 Å². The zero-order valence-corrected chi connectivity index (χ0v) is 11.1. The van der Waals surface area contributed by atoms with E-state index in [-0.39, 0.29) is 5.78 Å². The zero-order valence-electron chi connectivity index (χ0n) is 10.3. The second kappa shape index (κ2) is 5.41. The number of aromatic nitrogens is 1. The summed E-state index contributed by atoms with van der Waals surface area (Å²) in [6.07, 6.45) is 4.49. The SMILES string of the molecule is CCC(CC)CC(=O)c1cnc2ccsc2c1. The molecule has 0 bridgehead atoms. The van der Waals surface area contributed by atoms with Crippen LogP contribution in [0, 0.1) is 5.92 Å². The van der Waals surface area contributed by atoms with Crippen LogP contribution in [-0.4, -0.2) is 10.8 Å². The van der Waals surface area contributed by atoms with Gasteiger partial charge in [0.25, 0.3) is 0 Å². The Bertz CT molecular complexity index is 514. The van der Waals surface area contributed by atoms with Gasteiger partial charge in [0.1, 0.15) is 0 Å². The van der Waals surface area contributed by atoms with Gasteiger partial charge in [-0.05, 0) is 23.4 Å². The molecule has 0 radical (unpaired) electrons. The lowest BCUT2D eigenvalue weighted by Crippen LogP contribution is -2.07. The van der Waals surface area contributed by atoms with Crippen LogP contribution in [0.1, 0.15) is 43.5 Å². The average molecular weight is 247 g/mol. The van der Waals surface area contributed by atoms with Gasteiger partial charge in [-0.25, -0.2) is 0 Å². The zero-order chi connectivity index (χ0) is 12.3. The molecule has 0 fully saturated rings. The van der Waals surface area contributed by atoms with E-state index in [9.17, 15) is 4.79 Å². The fourth-order valence-corrected chi connectivity index (χ4v) is 2.74. The number of fused-ring (bicyclic) bond motifs is 1. The molecular weight excluding hydrogens is 230 g/mol. The summed E-state index contributed by atoms with van der Waals surface area (Å²) in [5.41, 5.74) is 1.74. The van der Waals surface area contributed by atoms with Crippen LogP contribution in [0.5, 0.6) is 0 Å². The van der Waals surface area contributed by atoms with Crippen molar-refractivity contribution in [3.8, 4) is 0 Å². The molecule has 0 aromatic carbocycles. The van der Waals surface area contributed by atoms with Crippen molar-refractivity contribution in [2.24, 2.45) is 5.92 Å². The third-order valence-corrected chi connectivity index (χ3v) is 4.11. The number of Topliss-reactive ketones (excluding diaryl/α,β-unsaturated/α-hetero) is 1. The smallest absolute Gasteiger partial charge is 0.164 e. The molecule has 0 unspecified atom stereocenters. The van der Waals surface area contributed by atoms with Gasteiger partial charge in [-0.1, -0.05) is 26.7 Å². The molecule has 0 saturated carbocycles. The minimum Gasteiger partial charge on any atom is -0.294 e.